The molecule has 2 N–H and O–H groups in total. The molecular weight excluding hydrogens is 273 g/mol. The number of hydrogen-bond donors (Lipinski definition) is 2. The van der Waals surface area contributed by atoms with E-state index in [9.17, 15) is 14.3 Å². The highest BCUT2D eigenvalue weighted by molar-refractivity contribution is 5.75. The highest BCUT2D eigenvalue weighted by Gasteiger charge is 2.31. The Balaban J connectivity index is 1.60. The monoisotopic (exact) mass is 295 g/mol. The predicted molar refractivity (Wildman–Crippen MR) is 77.6 cm³/mol. The van der Waals surface area contributed by atoms with Gasteiger partial charge in [-0.2, -0.15) is 0 Å². The minimum Gasteiger partial charge on any atom is -0.491 e. The number of ether oxygens (including phenoxy) is 1. The molecule has 0 radical (unpaired) electrons. The van der Waals surface area contributed by atoms with Gasteiger partial charge in [-0.05, 0) is 31.4 Å². The van der Waals surface area contributed by atoms with Crippen molar-refractivity contribution >= 4 is 5.91 Å². The van der Waals surface area contributed by atoms with Crippen molar-refractivity contribution in [3.05, 3.63) is 30.1 Å². The van der Waals surface area contributed by atoms with E-state index in [-0.39, 0.29) is 11.7 Å². The van der Waals surface area contributed by atoms with Crippen LogP contribution in [-0.4, -0.2) is 29.8 Å². The summed E-state index contributed by atoms with van der Waals surface area (Å²) in [7, 11) is 0. The van der Waals surface area contributed by atoms with Gasteiger partial charge in [0.1, 0.15) is 0 Å². The van der Waals surface area contributed by atoms with Gasteiger partial charge < -0.3 is 15.2 Å². The molecule has 2 rings (SSSR count). The second-order valence-electron chi connectivity index (χ2n) is 5.59. The normalized spacial score (nSPS) is 16.7. The maximum Gasteiger partial charge on any atom is 0.220 e. The molecule has 0 unspecified atom stereocenters. The summed E-state index contributed by atoms with van der Waals surface area (Å²) in [5.74, 6) is -0.295. The first kappa shape index (κ1) is 15.8. The highest BCUT2D eigenvalue weighted by atomic mass is 19.1. The van der Waals surface area contributed by atoms with E-state index < -0.39 is 11.4 Å². The van der Waals surface area contributed by atoms with Crippen LogP contribution in [0.3, 0.4) is 0 Å². The quantitative estimate of drug-likeness (QED) is 0.759. The smallest absolute Gasteiger partial charge is 0.220 e. The van der Waals surface area contributed by atoms with Crippen LogP contribution in [-0.2, 0) is 4.79 Å². The lowest BCUT2D eigenvalue weighted by Gasteiger charge is -2.22. The highest BCUT2D eigenvalue weighted by Crippen LogP contribution is 2.28. The van der Waals surface area contributed by atoms with E-state index in [4.69, 9.17) is 4.74 Å². The summed E-state index contributed by atoms with van der Waals surface area (Å²) in [6.45, 7) is 0.610. The zero-order chi connectivity index (χ0) is 15.1. The number of carbonyl (C=O) groups is 1. The van der Waals surface area contributed by atoms with Gasteiger partial charge in [0.05, 0.1) is 12.2 Å². The minimum atomic E-state index is -0.723. The molecule has 0 atom stereocenters. The molecule has 0 spiro atoms. The second-order valence-corrected chi connectivity index (χ2v) is 5.59. The van der Waals surface area contributed by atoms with Crippen molar-refractivity contribution in [2.24, 2.45) is 0 Å². The molecule has 1 saturated carbocycles. The van der Waals surface area contributed by atoms with E-state index in [2.05, 4.69) is 5.32 Å². The average Bonchev–Trinajstić information content (AvgIpc) is 2.90. The number of carbonyl (C=O) groups excluding carboxylic acids is 1. The molecule has 0 aliphatic heterocycles. The molecule has 0 heterocycles. The third kappa shape index (κ3) is 5.01. The summed E-state index contributed by atoms with van der Waals surface area (Å²) in [5, 5.41) is 12.9. The first-order chi connectivity index (χ1) is 10.1. The molecule has 0 saturated heterocycles. The van der Waals surface area contributed by atoms with Gasteiger partial charge in [-0.3, -0.25) is 4.79 Å². The minimum absolute atomic E-state index is 0.104. The molecule has 4 nitrogen and oxygen atoms in total. The van der Waals surface area contributed by atoms with E-state index in [0.717, 1.165) is 25.7 Å². The molecule has 21 heavy (non-hydrogen) atoms. The van der Waals surface area contributed by atoms with Crippen molar-refractivity contribution in [2.45, 2.75) is 44.1 Å². The van der Waals surface area contributed by atoms with Crippen molar-refractivity contribution in [1.82, 2.24) is 5.32 Å². The molecule has 0 aromatic heterocycles. The third-order valence-electron chi connectivity index (χ3n) is 3.79. The Morgan fingerprint density at radius 2 is 2.05 bits per heavy atom. The fourth-order valence-corrected chi connectivity index (χ4v) is 2.54. The fraction of sp³-hybridized carbons (Fsp3) is 0.562. The fourth-order valence-electron chi connectivity index (χ4n) is 2.54. The first-order valence-electron chi connectivity index (χ1n) is 7.45. The first-order valence-corrected chi connectivity index (χ1v) is 7.45. The van der Waals surface area contributed by atoms with Crippen molar-refractivity contribution < 1.29 is 19.0 Å². The zero-order valence-electron chi connectivity index (χ0n) is 12.1. The number of benzene rings is 1. The van der Waals surface area contributed by atoms with Crippen LogP contribution in [0.1, 0.15) is 38.5 Å². The van der Waals surface area contributed by atoms with Crippen LogP contribution >= 0.6 is 0 Å². The largest absolute Gasteiger partial charge is 0.491 e. The molecule has 1 aromatic carbocycles. The maximum atomic E-state index is 13.3. The molecule has 1 aromatic rings. The summed E-state index contributed by atoms with van der Waals surface area (Å²) in [5.41, 5.74) is -0.723. The zero-order valence-corrected chi connectivity index (χ0v) is 12.1. The summed E-state index contributed by atoms with van der Waals surface area (Å²) >= 11 is 0. The molecule has 0 bridgehead atoms. The lowest BCUT2D eigenvalue weighted by Crippen LogP contribution is -2.40. The third-order valence-corrected chi connectivity index (χ3v) is 3.79. The van der Waals surface area contributed by atoms with Crippen LogP contribution in [0.2, 0.25) is 0 Å². The van der Waals surface area contributed by atoms with Crippen LogP contribution in [0, 0.1) is 5.82 Å². The molecular formula is C16H22FNO3. The van der Waals surface area contributed by atoms with E-state index in [1.165, 1.54) is 6.07 Å². The van der Waals surface area contributed by atoms with Gasteiger partial charge in [0, 0.05) is 13.0 Å². The summed E-state index contributed by atoms with van der Waals surface area (Å²) in [6, 6.07) is 6.20. The Labute approximate surface area is 124 Å². The standard InChI is InChI=1S/C16H22FNO3/c17-13-6-1-2-7-14(13)21-11-5-8-15(19)18-12-16(20)9-3-4-10-16/h1-2,6-7,20H,3-5,8-12H2,(H,18,19). The Morgan fingerprint density at radius 3 is 2.76 bits per heavy atom. The lowest BCUT2D eigenvalue weighted by atomic mass is 10.0. The predicted octanol–water partition coefficient (Wildman–Crippen LogP) is 2.41. The number of hydrogen-bond acceptors (Lipinski definition) is 3. The molecule has 1 amide bonds. The van der Waals surface area contributed by atoms with Gasteiger partial charge in [0.25, 0.3) is 0 Å². The van der Waals surface area contributed by atoms with Crippen LogP contribution in [0.15, 0.2) is 24.3 Å². The van der Waals surface area contributed by atoms with Crippen molar-refractivity contribution in [2.75, 3.05) is 13.2 Å². The van der Waals surface area contributed by atoms with Gasteiger partial charge in [-0.15, -0.1) is 0 Å². The summed E-state index contributed by atoms with van der Waals surface area (Å²) in [4.78, 5) is 11.7. The molecule has 5 heteroatoms. The van der Waals surface area contributed by atoms with E-state index in [1.807, 2.05) is 0 Å². The van der Waals surface area contributed by atoms with Crippen LogP contribution < -0.4 is 10.1 Å². The Morgan fingerprint density at radius 1 is 1.33 bits per heavy atom. The van der Waals surface area contributed by atoms with E-state index in [1.54, 1.807) is 18.2 Å². The average molecular weight is 295 g/mol. The maximum absolute atomic E-state index is 13.3. The number of halogens is 1. The van der Waals surface area contributed by atoms with Gasteiger partial charge >= 0.3 is 0 Å². The van der Waals surface area contributed by atoms with Crippen LogP contribution in [0.5, 0.6) is 5.75 Å². The Hall–Kier alpha value is -1.62. The number of aliphatic hydroxyl groups is 1. The van der Waals surface area contributed by atoms with Crippen LogP contribution in [0.25, 0.3) is 0 Å². The van der Waals surface area contributed by atoms with Crippen LogP contribution in [0.4, 0.5) is 4.39 Å². The topological polar surface area (TPSA) is 58.6 Å². The number of amides is 1. The number of para-hydroxylation sites is 1. The Kier molecular flexibility index (Phi) is 5.56. The lowest BCUT2D eigenvalue weighted by molar-refractivity contribution is -0.122. The molecule has 1 aliphatic carbocycles. The second kappa shape index (κ2) is 7.41. The van der Waals surface area contributed by atoms with E-state index in [0.29, 0.717) is 26.0 Å². The SMILES string of the molecule is O=C(CCCOc1ccccc1F)NCC1(O)CCCC1. The van der Waals surface area contributed by atoms with Gasteiger partial charge in [0.2, 0.25) is 5.91 Å². The van der Waals surface area contributed by atoms with Gasteiger partial charge in [-0.1, -0.05) is 25.0 Å². The Bertz CT molecular complexity index is 472. The molecule has 116 valence electrons. The van der Waals surface area contributed by atoms with E-state index >= 15 is 0 Å². The van der Waals surface area contributed by atoms with Gasteiger partial charge in [0.15, 0.2) is 11.6 Å². The molecule has 1 fully saturated rings. The summed E-state index contributed by atoms with van der Waals surface area (Å²) < 4.78 is 18.6. The molecule has 1 aliphatic rings. The van der Waals surface area contributed by atoms with Crippen molar-refractivity contribution in [3.8, 4) is 5.75 Å². The van der Waals surface area contributed by atoms with Crippen molar-refractivity contribution in [1.29, 1.82) is 0 Å². The van der Waals surface area contributed by atoms with Crippen molar-refractivity contribution in [3.63, 3.8) is 0 Å². The number of rotatable bonds is 7. The number of nitrogens with one attached hydrogen (secondary N) is 1. The van der Waals surface area contributed by atoms with Gasteiger partial charge in [-0.25, -0.2) is 4.39 Å². The summed E-state index contributed by atoms with van der Waals surface area (Å²) in [6.07, 6.45) is 4.36.